The molecule has 2 rings (SSSR count). The minimum atomic E-state index is -0.491. The standard InChI is InChI=1S/C17H23N5O2S/c1-11(2)18-16(24)19-15(23)12(3)25-17-21-20-13(4)22(17)10-14-8-6-5-7-9-14/h5-9,11-12H,10H2,1-4H3,(H2,18,19,23,24)/t12-/m0/s1. The molecular formula is C17H23N5O2S. The fourth-order valence-electron chi connectivity index (χ4n) is 2.12. The fourth-order valence-corrected chi connectivity index (χ4v) is 3.01. The van der Waals surface area contributed by atoms with Crippen LogP contribution in [0.4, 0.5) is 4.79 Å². The summed E-state index contributed by atoms with van der Waals surface area (Å²) in [5, 5.41) is 13.4. The van der Waals surface area contributed by atoms with Crippen LogP contribution in [0.25, 0.3) is 0 Å². The first-order valence-corrected chi connectivity index (χ1v) is 8.96. The Balaban J connectivity index is 2.02. The normalized spacial score (nSPS) is 12.0. The molecule has 7 nitrogen and oxygen atoms in total. The number of nitrogens with zero attached hydrogens (tertiary/aromatic N) is 3. The maximum absolute atomic E-state index is 12.2. The van der Waals surface area contributed by atoms with Crippen molar-refractivity contribution in [3.05, 3.63) is 41.7 Å². The lowest BCUT2D eigenvalue weighted by atomic mass is 10.2. The van der Waals surface area contributed by atoms with Crippen molar-refractivity contribution in [1.29, 1.82) is 0 Å². The van der Waals surface area contributed by atoms with E-state index in [1.165, 1.54) is 11.8 Å². The van der Waals surface area contributed by atoms with Crippen molar-refractivity contribution < 1.29 is 9.59 Å². The first-order valence-electron chi connectivity index (χ1n) is 8.08. The highest BCUT2D eigenvalue weighted by molar-refractivity contribution is 8.00. The van der Waals surface area contributed by atoms with Gasteiger partial charge in [-0.05, 0) is 33.3 Å². The van der Waals surface area contributed by atoms with E-state index >= 15 is 0 Å². The van der Waals surface area contributed by atoms with Crippen molar-refractivity contribution in [2.24, 2.45) is 0 Å². The number of aromatic nitrogens is 3. The molecule has 0 radical (unpaired) electrons. The van der Waals surface area contributed by atoms with Crippen molar-refractivity contribution in [3.63, 3.8) is 0 Å². The van der Waals surface area contributed by atoms with E-state index in [4.69, 9.17) is 0 Å². The molecule has 2 N–H and O–H groups in total. The number of thioether (sulfide) groups is 1. The number of urea groups is 1. The van der Waals surface area contributed by atoms with Gasteiger partial charge in [0.2, 0.25) is 5.91 Å². The van der Waals surface area contributed by atoms with Crippen molar-refractivity contribution in [3.8, 4) is 0 Å². The average Bonchev–Trinajstić information content (AvgIpc) is 2.88. The number of carbonyl (C=O) groups is 2. The number of benzene rings is 1. The molecule has 134 valence electrons. The predicted molar refractivity (Wildman–Crippen MR) is 97.4 cm³/mol. The van der Waals surface area contributed by atoms with Gasteiger partial charge in [0.1, 0.15) is 5.82 Å². The molecule has 0 aliphatic rings. The van der Waals surface area contributed by atoms with E-state index in [1.807, 2.05) is 55.7 Å². The highest BCUT2D eigenvalue weighted by Crippen LogP contribution is 2.23. The van der Waals surface area contributed by atoms with Gasteiger partial charge in [0, 0.05) is 6.04 Å². The molecule has 1 heterocycles. The molecule has 3 amide bonds. The molecule has 0 aliphatic carbocycles. The summed E-state index contributed by atoms with van der Waals surface area (Å²) in [6.07, 6.45) is 0. The van der Waals surface area contributed by atoms with Gasteiger partial charge in [-0.1, -0.05) is 42.1 Å². The Morgan fingerprint density at radius 2 is 1.84 bits per heavy atom. The van der Waals surface area contributed by atoms with Crippen LogP contribution in [0, 0.1) is 6.92 Å². The van der Waals surface area contributed by atoms with Crippen LogP contribution in [0.1, 0.15) is 32.2 Å². The van der Waals surface area contributed by atoms with Gasteiger partial charge in [0.05, 0.1) is 11.8 Å². The predicted octanol–water partition coefficient (Wildman–Crippen LogP) is 2.35. The summed E-state index contributed by atoms with van der Waals surface area (Å²) in [5.41, 5.74) is 1.13. The lowest BCUT2D eigenvalue weighted by Crippen LogP contribution is -2.45. The molecule has 0 fully saturated rings. The zero-order valence-electron chi connectivity index (χ0n) is 14.8. The van der Waals surface area contributed by atoms with Crippen LogP contribution >= 0.6 is 11.8 Å². The number of carbonyl (C=O) groups excluding carboxylic acids is 2. The summed E-state index contributed by atoms with van der Waals surface area (Å²) in [6.45, 7) is 7.90. The Hall–Kier alpha value is -2.35. The Morgan fingerprint density at radius 3 is 2.48 bits per heavy atom. The number of hydrogen-bond donors (Lipinski definition) is 2. The molecule has 1 atom stereocenters. The minimum Gasteiger partial charge on any atom is -0.336 e. The van der Waals surface area contributed by atoms with E-state index in [0.717, 1.165) is 11.4 Å². The third-order valence-electron chi connectivity index (χ3n) is 3.39. The monoisotopic (exact) mass is 361 g/mol. The Kier molecular flexibility index (Phi) is 6.58. The van der Waals surface area contributed by atoms with Crippen LogP contribution in [0.3, 0.4) is 0 Å². The van der Waals surface area contributed by atoms with Crippen LogP contribution in [0.2, 0.25) is 0 Å². The van der Waals surface area contributed by atoms with Crippen LogP contribution < -0.4 is 10.6 Å². The SMILES string of the molecule is Cc1nnc(S[C@@H](C)C(=O)NC(=O)NC(C)C)n1Cc1ccccc1. The molecule has 0 spiro atoms. The lowest BCUT2D eigenvalue weighted by Gasteiger charge is -2.14. The smallest absolute Gasteiger partial charge is 0.321 e. The fraction of sp³-hybridized carbons (Fsp3) is 0.412. The van der Waals surface area contributed by atoms with E-state index in [2.05, 4.69) is 20.8 Å². The molecule has 0 saturated heterocycles. The number of amides is 3. The molecule has 0 saturated carbocycles. The van der Waals surface area contributed by atoms with Gasteiger partial charge >= 0.3 is 6.03 Å². The zero-order chi connectivity index (χ0) is 18.4. The Bertz CT molecular complexity index is 730. The minimum absolute atomic E-state index is 0.0348. The maximum atomic E-state index is 12.2. The van der Waals surface area contributed by atoms with E-state index in [1.54, 1.807) is 6.92 Å². The second kappa shape index (κ2) is 8.66. The van der Waals surface area contributed by atoms with Crippen molar-refractivity contribution in [1.82, 2.24) is 25.4 Å². The number of imide groups is 1. The summed E-state index contributed by atoms with van der Waals surface area (Å²) in [4.78, 5) is 23.8. The molecule has 1 aromatic carbocycles. The third kappa shape index (κ3) is 5.60. The number of nitrogens with one attached hydrogen (secondary N) is 2. The van der Waals surface area contributed by atoms with Gasteiger partial charge in [-0.2, -0.15) is 0 Å². The van der Waals surface area contributed by atoms with Gasteiger partial charge in [-0.3, -0.25) is 10.1 Å². The molecule has 1 aromatic heterocycles. The number of aryl methyl sites for hydroxylation is 1. The zero-order valence-corrected chi connectivity index (χ0v) is 15.6. The van der Waals surface area contributed by atoms with Crippen LogP contribution in [-0.2, 0) is 11.3 Å². The van der Waals surface area contributed by atoms with Crippen LogP contribution in [-0.4, -0.2) is 38.0 Å². The van der Waals surface area contributed by atoms with E-state index in [0.29, 0.717) is 11.7 Å². The highest BCUT2D eigenvalue weighted by atomic mass is 32.2. The van der Waals surface area contributed by atoms with Crippen molar-refractivity contribution >= 4 is 23.7 Å². The number of hydrogen-bond acceptors (Lipinski definition) is 5. The van der Waals surface area contributed by atoms with E-state index < -0.39 is 11.3 Å². The summed E-state index contributed by atoms with van der Waals surface area (Å²) >= 11 is 1.28. The largest absolute Gasteiger partial charge is 0.336 e. The van der Waals surface area contributed by atoms with E-state index in [-0.39, 0.29) is 11.9 Å². The maximum Gasteiger partial charge on any atom is 0.321 e. The lowest BCUT2D eigenvalue weighted by molar-refractivity contribution is -0.119. The molecular weight excluding hydrogens is 338 g/mol. The average molecular weight is 361 g/mol. The van der Waals surface area contributed by atoms with Crippen LogP contribution in [0.15, 0.2) is 35.5 Å². The Morgan fingerprint density at radius 1 is 1.16 bits per heavy atom. The quantitative estimate of drug-likeness (QED) is 0.771. The summed E-state index contributed by atoms with van der Waals surface area (Å²) in [7, 11) is 0. The second-order valence-corrected chi connectivity index (χ2v) is 7.29. The third-order valence-corrected chi connectivity index (χ3v) is 4.47. The summed E-state index contributed by atoms with van der Waals surface area (Å²) < 4.78 is 1.96. The molecule has 0 unspecified atom stereocenters. The van der Waals surface area contributed by atoms with Gasteiger partial charge < -0.3 is 9.88 Å². The molecule has 8 heteroatoms. The summed E-state index contributed by atoms with van der Waals surface area (Å²) in [6, 6.07) is 9.45. The van der Waals surface area contributed by atoms with Gasteiger partial charge in [-0.25, -0.2) is 4.79 Å². The van der Waals surface area contributed by atoms with Gasteiger partial charge in [-0.15, -0.1) is 10.2 Å². The van der Waals surface area contributed by atoms with Crippen LogP contribution in [0.5, 0.6) is 0 Å². The second-order valence-electron chi connectivity index (χ2n) is 5.98. The Labute approximate surface area is 151 Å². The first-order chi connectivity index (χ1) is 11.9. The molecule has 2 aromatic rings. The molecule has 25 heavy (non-hydrogen) atoms. The van der Waals surface area contributed by atoms with Crippen molar-refractivity contribution in [2.45, 2.75) is 50.7 Å². The number of rotatable bonds is 6. The highest BCUT2D eigenvalue weighted by Gasteiger charge is 2.21. The van der Waals surface area contributed by atoms with E-state index in [9.17, 15) is 9.59 Å². The molecule has 0 aliphatic heterocycles. The topological polar surface area (TPSA) is 88.9 Å². The van der Waals surface area contributed by atoms with Gasteiger partial charge in [0.25, 0.3) is 0 Å². The van der Waals surface area contributed by atoms with Gasteiger partial charge in [0.15, 0.2) is 5.16 Å². The molecule has 0 bridgehead atoms. The first kappa shape index (κ1) is 19.0. The van der Waals surface area contributed by atoms with Crippen molar-refractivity contribution in [2.75, 3.05) is 0 Å². The summed E-state index contributed by atoms with van der Waals surface area (Å²) in [5.74, 6) is 0.409.